The third kappa shape index (κ3) is 4.97. The molecular formula is C23H35N4O5S+. The summed E-state index contributed by atoms with van der Waals surface area (Å²) in [5.74, 6) is -1.17. The molecule has 1 aromatic rings. The number of benzene rings is 1. The van der Waals surface area contributed by atoms with Crippen LogP contribution in [0.15, 0.2) is 29.2 Å². The van der Waals surface area contributed by atoms with E-state index in [0.717, 1.165) is 38.4 Å². The number of rotatable bonds is 10. The number of piperazine rings is 1. The number of sulfone groups is 1. The average Bonchev–Trinajstić information content (AvgIpc) is 2.77. The first kappa shape index (κ1) is 25.3. The predicted molar refractivity (Wildman–Crippen MR) is 126 cm³/mol. The number of nitrogens with zero attached hydrogens (tertiary/aromatic N) is 1. The van der Waals surface area contributed by atoms with Gasteiger partial charge in [0.15, 0.2) is 9.84 Å². The van der Waals surface area contributed by atoms with Crippen LogP contribution < -0.4 is 20.4 Å². The normalized spacial score (nSPS) is 20.2. The fraction of sp³-hybridized carbons (Fsp3) is 0.609. The molecule has 182 valence electrons. The Bertz CT molecular complexity index is 965. The van der Waals surface area contributed by atoms with Crippen LogP contribution in [0.4, 0.5) is 10.5 Å². The summed E-state index contributed by atoms with van der Waals surface area (Å²) in [6.07, 6.45) is 7.43. The predicted octanol–water partition coefficient (Wildman–Crippen LogP) is 1.86. The highest BCUT2D eigenvalue weighted by Crippen LogP contribution is 2.40. The highest BCUT2D eigenvalue weighted by atomic mass is 32.2. The fourth-order valence-corrected chi connectivity index (χ4v) is 5.78. The van der Waals surface area contributed by atoms with E-state index >= 15 is 0 Å². The van der Waals surface area contributed by atoms with Crippen LogP contribution in [0.2, 0.25) is 0 Å². The zero-order chi connectivity index (χ0) is 24.1. The molecule has 2 heterocycles. The van der Waals surface area contributed by atoms with E-state index in [9.17, 15) is 22.8 Å². The van der Waals surface area contributed by atoms with Crippen LogP contribution >= 0.6 is 0 Å². The molecule has 1 aromatic carbocycles. The lowest BCUT2D eigenvalue weighted by Gasteiger charge is -2.53. The fourth-order valence-electron chi connectivity index (χ4n) is 5.15. The molecular weight excluding hydrogens is 444 g/mol. The largest absolute Gasteiger partial charge is 0.328 e. The monoisotopic (exact) mass is 479 g/mol. The molecule has 9 nitrogen and oxygen atoms in total. The van der Waals surface area contributed by atoms with Crippen LogP contribution in [0, 0.1) is 0 Å². The van der Waals surface area contributed by atoms with Crippen molar-refractivity contribution >= 4 is 33.4 Å². The molecule has 0 aliphatic carbocycles. The summed E-state index contributed by atoms with van der Waals surface area (Å²) in [7, 11) is -3.39. The Balaban J connectivity index is 2.04. The van der Waals surface area contributed by atoms with Crippen LogP contribution in [0.3, 0.4) is 0 Å². The summed E-state index contributed by atoms with van der Waals surface area (Å²) in [4.78, 5) is 39.1. The van der Waals surface area contributed by atoms with Gasteiger partial charge in [0.25, 0.3) is 17.4 Å². The number of carbonyl (C=O) groups excluding carboxylic acids is 3. The Morgan fingerprint density at radius 1 is 0.879 bits per heavy atom. The van der Waals surface area contributed by atoms with E-state index < -0.39 is 33.2 Å². The summed E-state index contributed by atoms with van der Waals surface area (Å²) in [6.45, 7) is 4.24. The minimum Gasteiger partial charge on any atom is -0.306 e. The SMILES string of the molecule is CCCCCCCCC1([N+]2(c3ccc(S(C)(=O)=O)cc3)CCNCC2)C(=O)NC(=O)NC1=O. The number of quaternary nitrogens is 1. The highest BCUT2D eigenvalue weighted by Gasteiger charge is 2.65. The van der Waals surface area contributed by atoms with Crippen LogP contribution in [0.5, 0.6) is 0 Å². The number of barbiturate groups is 1. The van der Waals surface area contributed by atoms with Gasteiger partial charge in [0.2, 0.25) is 0 Å². The lowest BCUT2D eigenvalue weighted by molar-refractivity contribution is -0.148. The first-order valence-electron chi connectivity index (χ1n) is 11.7. The maximum absolute atomic E-state index is 13.5. The number of carbonyl (C=O) groups is 3. The quantitative estimate of drug-likeness (QED) is 0.268. The average molecular weight is 480 g/mol. The van der Waals surface area contributed by atoms with Crippen molar-refractivity contribution in [3.05, 3.63) is 24.3 Å². The van der Waals surface area contributed by atoms with Crippen LogP contribution in [-0.4, -0.2) is 64.2 Å². The van der Waals surface area contributed by atoms with Gasteiger partial charge in [0.1, 0.15) is 5.69 Å². The third-order valence-corrected chi connectivity index (χ3v) is 8.06. The number of nitrogens with one attached hydrogen (secondary N) is 3. The van der Waals surface area contributed by atoms with Crippen molar-refractivity contribution < 1.29 is 22.8 Å². The van der Waals surface area contributed by atoms with E-state index in [0.29, 0.717) is 44.7 Å². The van der Waals surface area contributed by atoms with Crippen molar-refractivity contribution in [3.8, 4) is 0 Å². The van der Waals surface area contributed by atoms with E-state index in [1.165, 1.54) is 12.1 Å². The molecule has 3 N–H and O–H groups in total. The standard InChI is InChI=1S/C23H34N4O5S/c1-3-4-5-6-7-8-13-23(20(28)25-22(30)26-21(23)29)27(16-14-24-15-17-27)18-9-11-19(12-10-18)33(2,31)32/h9-12,24H,3-8,13-17H2,1-2H3,(H-,25,26,28,29,30)/p+1. The van der Waals surface area contributed by atoms with Crippen LogP contribution in [0.1, 0.15) is 51.9 Å². The second kappa shape index (κ2) is 10.3. The number of hydrogen-bond acceptors (Lipinski definition) is 6. The van der Waals surface area contributed by atoms with E-state index in [1.807, 2.05) is 0 Å². The van der Waals surface area contributed by atoms with Crippen molar-refractivity contribution in [1.29, 1.82) is 0 Å². The van der Waals surface area contributed by atoms with E-state index in [1.54, 1.807) is 12.1 Å². The van der Waals surface area contributed by atoms with Gasteiger partial charge < -0.3 is 5.32 Å². The molecule has 3 rings (SSSR count). The van der Waals surface area contributed by atoms with Gasteiger partial charge >= 0.3 is 6.03 Å². The molecule has 2 aliphatic heterocycles. The second-order valence-electron chi connectivity index (χ2n) is 9.05. The molecule has 0 bridgehead atoms. The highest BCUT2D eigenvalue weighted by molar-refractivity contribution is 7.90. The van der Waals surface area contributed by atoms with Crippen molar-refractivity contribution in [1.82, 2.24) is 20.4 Å². The molecule has 2 aliphatic rings. The number of hydrogen-bond donors (Lipinski definition) is 3. The smallest absolute Gasteiger partial charge is 0.306 e. The van der Waals surface area contributed by atoms with Gasteiger partial charge in [-0.15, -0.1) is 0 Å². The van der Waals surface area contributed by atoms with Crippen molar-refractivity contribution in [2.45, 2.75) is 62.3 Å². The molecule has 2 fully saturated rings. The molecule has 0 atom stereocenters. The van der Waals surface area contributed by atoms with Gasteiger partial charge in [0, 0.05) is 37.9 Å². The molecule has 0 saturated carbocycles. The molecule has 2 saturated heterocycles. The number of urea groups is 1. The molecule has 4 amide bonds. The van der Waals surface area contributed by atoms with Gasteiger partial charge in [-0.25, -0.2) is 13.2 Å². The van der Waals surface area contributed by atoms with Crippen molar-refractivity contribution in [3.63, 3.8) is 0 Å². The van der Waals surface area contributed by atoms with E-state index in [4.69, 9.17) is 0 Å². The Morgan fingerprint density at radius 2 is 1.42 bits per heavy atom. The summed E-state index contributed by atoms with van der Waals surface area (Å²) < 4.78 is 24.0. The van der Waals surface area contributed by atoms with Gasteiger partial charge in [-0.1, -0.05) is 39.0 Å². The minimum atomic E-state index is -3.39. The minimum absolute atomic E-state index is 0.0456. The summed E-state index contributed by atoms with van der Waals surface area (Å²) in [5, 5.41) is 7.98. The summed E-state index contributed by atoms with van der Waals surface area (Å²) >= 11 is 0. The zero-order valence-corrected chi connectivity index (χ0v) is 20.3. The van der Waals surface area contributed by atoms with Gasteiger partial charge in [-0.05, 0) is 18.6 Å². The Labute approximate surface area is 195 Å². The number of imide groups is 2. The molecule has 10 heteroatoms. The molecule has 0 aromatic heterocycles. The maximum atomic E-state index is 13.5. The van der Waals surface area contributed by atoms with Gasteiger partial charge in [0.05, 0.1) is 18.0 Å². The van der Waals surface area contributed by atoms with Gasteiger partial charge in [-0.3, -0.25) is 24.7 Å². The zero-order valence-electron chi connectivity index (χ0n) is 19.5. The molecule has 0 radical (unpaired) electrons. The maximum Gasteiger partial charge on any atom is 0.328 e. The van der Waals surface area contributed by atoms with E-state index in [-0.39, 0.29) is 9.38 Å². The molecule has 0 unspecified atom stereocenters. The topological polar surface area (TPSA) is 121 Å². The molecule has 33 heavy (non-hydrogen) atoms. The van der Waals surface area contributed by atoms with Crippen molar-refractivity contribution in [2.75, 3.05) is 32.4 Å². The Kier molecular flexibility index (Phi) is 7.92. The third-order valence-electron chi connectivity index (χ3n) is 6.93. The first-order valence-corrected chi connectivity index (χ1v) is 13.6. The summed E-state index contributed by atoms with van der Waals surface area (Å²) in [6, 6.07) is 5.64. The lowest BCUT2D eigenvalue weighted by atomic mass is 9.82. The van der Waals surface area contributed by atoms with E-state index in [2.05, 4.69) is 22.9 Å². The van der Waals surface area contributed by atoms with Crippen molar-refractivity contribution in [2.24, 2.45) is 0 Å². The molecule has 0 spiro atoms. The number of amides is 4. The lowest BCUT2D eigenvalue weighted by Crippen LogP contribution is -2.83. The second-order valence-corrected chi connectivity index (χ2v) is 11.1. The summed E-state index contributed by atoms with van der Waals surface area (Å²) in [5.41, 5.74) is -0.817. The van der Waals surface area contributed by atoms with Crippen LogP contribution in [0.25, 0.3) is 0 Å². The van der Waals surface area contributed by atoms with Gasteiger partial charge in [-0.2, -0.15) is 0 Å². The first-order chi connectivity index (χ1) is 15.7. The Morgan fingerprint density at radius 3 is 1.97 bits per heavy atom. The van der Waals surface area contributed by atoms with Crippen LogP contribution in [-0.2, 0) is 19.4 Å². The Hall–Kier alpha value is -2.30. The number of unbranched alkanes of at least 4 members (excludes halogenated alkanes) is 5.